The van der Waals surface area contributed by atoms with Crippen molar-refractivity contribution in [2.24, 2.45) is 4.99 Å². The zero-order valence-electron chi connectivity index (χ0n) is 19.6. The number of nitrogens with zero attached hydrogens (tertiary/aromatic N) is 2. The SMILES string of the molecule is CCNC(=NCc1cccc(CN2CCOC(C)C2)c1)NCCc1c[nH]c2ccccc12.I. The molecule has 0 amide bonds. The Morgan fingerprint density at radius 3 is 2.85 bits per heavy atom. The fourth-order valence-electron chi connectivity index (χ4n) is 4.28. The molecule has 3 N–H and O–H groups in total. The fourth-order valence-corrected chi connectivity index (χ4v) is 4.28. The molecule has 0 radical (unpaired) electrons. The van der Waals surface area contributed by atoms with E-state index in [0.717, 1.165) is 51.7 Å². The van der Waals surface area contributed by atoms with Crippen LogP contribution in [0.2, 0.25) is 0 Å². The van der Waals surface area contributed by atoms with Crippen LogP contribution >= 0.6 is 24.0 Å². The summed E-state index contributed by atoms with van der Waals surface area (Å²) in [7, 11) is 0. The zero-order chi connectivity index (χ0) is 22.2. The van der Waals surface area contributed by atoms with Gasteiger partial charge in [0.05, 0.1) is 19.3 Å². The van der Waals surface area contributed by atoms with Crippen molar-refractivity contribution in [3.8, 4) is 0 Å². The summed E-state index contributed by atoms with van der Waals surface area (Å²) in [6, 6.07) is 17.2. The number of aliphatic imine (C=N–C) groups is 1. The van der Waals surface area contributed by atoms with Crippen molar-refractivity contribution in [2.45, 2.75) is 39.5 Å². The van der Waals surface area contributed by atoms with Crippen LogP contribution in [-0.2, 0) is 24.2 Å². The number of guanidine groups is 1. The van der Waals surface area contributed by atoms with E-state index in [2.05, 4.69) is 89.1 Å². The maximum atomic E-state index is 5.66. The summed E-state index contributed by atoms with van der Waals surface area (Å²) < 4.78 is 5.66. The molecule has 1 aliphatic heterocycles. The highest BCUT2D eigenvalue weighted by atomic mass is 127. The molecule has 1 unspecified atom stereocenters. The first-order valence-electron chi connectivity index (χ1n) is 11.7. The number of fused-ring (bicyclic) bond motifs is 1. The highest BCUT2D eigenvalue weighted by Gasteiger charge is 2.16. The molecule has 7 heteroatoms. The van der Waals surface area contributed by atoms with Crippen LogP contribution in [0.5, 0.6) is 0 Å². The number of aromatic nitrogens is 1. The molecule has 2 heterocycles. The first-order valence-corrected chi connectivity index (χ1v) is 11.7. The lowest BCUT2D eigenvalue weighted by atomic mass is 10.1. The van der Waals surface area contributed by atoms with Crippen LogP contribution in [0.3, 0.4) is 0 Å². The third-order valence-electron chi connectivity index (χ3n) is 5.85. The second-order valence-corrected chi connectivity index (χ2v) is 8.47. The first-order chi connectivity index (χ1) is 15.7. The molecule has 6 nitrogen and oxygen atoms in total. The maximum absolute atomic E-state index is 5.66. The highest BCUT2D eigenvalue weighted by Crippen LogP contribution is 2.17. The predicted molar refractivity (Wildman–Crippen MR) is 147 cm³/mol. The molecule has 33 heavy (non-hydrogen) atoms. The number of rotatable bonds is 8. The van der Waals surface area contributed by atoms with Gasteiger partial charge in [-0.2, -0.15) is 0 Å². The average molecular weight is 562 g/mol. The molecule has 4 rings (SSSR count). The predicted octanol–water partition coefficient (Wildman–Crippen LogP) is 4.30. The smallest absolute Gasteiger partial charge is 0.191 e. The third-order valence-corrected chi connectivity index (χ3v) is 5.85. The van der Waals surface area contributed by atoms with E-state index >= 15 is 0 Å². The summed E-state index contributed by atoms with van der Waals surface area (Å²) in [6.07, 6.45) is 3.37. The molecule has 0 bridgehead atoms. The number of nitrogens with one attached hydrogen (secondary N) is 3. The number of ether oxygens (including phenoxy) is 1. The van der Waals surface area contributed by atoms with Crippen LogP contribution in [0, 0.1) is 0 Å². The summed E-state index contributed by atoms with van der Waals surface area (Å²) in [5, 5.41) is 8.14. The van der Waals surface area contributed by atoms with Crippen molar-refractivity contribution in [1.82, 2.24) is 20.5 Å². The zero-order valence-corrected chi connectivity index (χ0v) is 22.0. The molecule has 178 valence electrons. The minimum absolute atomic E-state index is 0. The van der Waals surface area contributed by atoms with E-state index in [-0.39, 0.29) is 24.0 Å². The summed E-state index contributed by atoms with van der Waals surface area (Å²) in [4.78, 5) is 10.6. The Bertz CT molecular complexity index is 1030. The van der Waals surface area contributed by atoms with Gasteiger partial charge in [-0.15, -0.1) is 24.0 Å². The van der Waals surface area contributed by atoms with Gasteiger partial charge < -0.3 is 20.4 Å². The highest BCUT2D eigenvalue weighted by molar-refractivity contribution is 14.0. The topological polar surface area (TPSA) is 64.7 Å². The summed E-state index contributed by atoms with van der Waals surface area (Å²) in [6.45, 7) is 10.4. The molecule has 0 saturated carbocycles. The van der Waals surface area contributed by atoms with E-state index in [1.54, 1.807) is 0 Å². The van der Waals surface area contributed by atoms with Crippen molar-refractivity contribution in [3.05, 3.63) is 71.4 Å². The Balaban J connectivity index is 0.00000306. The van der Waals surface area contributed by atoms with Crippen LogP contribution in [0.1, 0.15) is 30.5 Å². The lowest BCUT2D eigenvalue weighted by Crippen LogP contribution is -2.40. The molecule has 2 aromatic carbocycles. The van der Waals surface area contributed by atoms with Crippen molar-refractivity contribution in [3.63, 3.8) is 0 Å². The van der Waals surface area contributed by atoms with Gasteiger partial charge in [0, 0.05) is 49.8 Å². The normalized spacial score (nSPS) is 17.0. The Kier molecular flexibility index (Phi) is 10.0. The minimum atomic E-state index is 0. The second kappa shape index (κ2) is 13.0. The Morgan fingerprint density at radius 2 is 2.00 bits per heavy atom. The number of benzene rings is 2. The number of halogens is 1. The van der Waals surface area contributed by atoms with E-state index in [1.807, 2.05) is 0 Å². The van der Waals surface area contributed by atoms with Crippen LogP contribution < -0.4 is 10.6 Å². The van der Waals surface area contributed by atoms with Crippen molar-refractivity contribution >= 4 is 40.8 Å². The average Bonchev–Trinajstić information content (AvgIpc) is 3.21. The molecule has 3 aromatic rings. The van der Waals surface area contributed by atoms with Crippen LogP contribution in [-0.4, -0.2) is 54.7 Å². The molecule has 0 spiro atoms. The summed E-state index contributed by atoms with van der Waals surface area (Å²) >= 11 is 0. The van der Waals surface area contributed by atoms with Crippen LogP contribution in [0.4, 0.5) is 0 Å². The van der Waals surface area contributed by atoms with Gasteiger partial charge in [0.2, 0.25) is 0 Å². The maximum Gasteiger partial charge on any atom is 0.191 e. The van der Waals surface area contributed by atoms with Crippen molar-refractivity contribution in [2.75, 3.05) is 32.8 Å². The lowest BCUT2D eigenvalue weighted by Gasteiger charge is -2.31. The molecule has 0 aliphatic carbocycles. The van der Waals surface area contributed by atoms with Gasteiger partial charge in [0.1, 0.15) is 0 Å². The first kappa shape index (κ1) is 25.5. The molecule has 1 atom stereocenters. The second-order valence-electron chi connectivity index (χ2n) is 8.47. The molecule has 1 aliphatic rings. The number of hydrogen-bond acceptors (Lipinski definition) is 3. The third kappa shape index (κ3) is 7.45. The van der Waals surface area contributed by atoms with E-state index < -0.39 is 0 Å². The van der Waals surface area contributed by atoms with Crippen LogP contribution in [0.15, 0.2) is 59.7 Å². The van der Waals surface area contributed by atoms with Gasteiger partial charge in [-0.05, 0) is 43.0 Å². The largest absolute Gasteiger partial charge is 0.376 e. The van der Waals surface area contributed by atoms with Crippen molar-refractivity contribution in [1.29, 1.82) is 0 Å². The quantitative estimate of drug-likeness (QED) is 0.218. The van der Waals surface area contributed by atoms with E-state index in [4.69, 9.17) is 9.73 Å². The molecular weight excluding hydrogens is 525 g/mol. The van der Waals surface area contributed by atoms with E-state index in [1.165, 1.54) is 27.6 Å². The molecular formula is C26H36IN5O. The van der Waals surface area contributed by atoms with Gasteiger partial charge >= 0.3 is 0 Å². The molecule has 1 aromatic heterocycles. The van der Waals surface area contributed by atoms with Crippen LogP contribution in [0.25, 0.3) is 10.9 Å². The molecule has 1 fully saturated rings. The number of H-pyrrole nitrogens is 1. The Labute approximate surface area is 214 Å². The number of para-hydroxylation sites is 1. The van der Waals surface area contributed by atoms with Gasteiger partial charge in [0.15, 0.2) is 5.96 Å². The standard InChI is InChI=1S/C26H35N5O.HI/c1-3-27-26(28-12-11-23-17-29-25-10-5-4-9-24(23)25)30-16-21-7-6-8-22(15-21)19-31-13-14-32-20(2)18-31;/h4-10,15,17,20,29H,3,11-14,16,18-19H2,1-2H3,(H2,27,28,30);1H. The monoisotopic (exact) mass is 561 g/mol. The Morgan fingerprint density at radius 1 is 1.15 bits per heavy atom. The fraction of sp³-hybridized carbons (Fsp3) is 0.423. The summed E-state index contributed by atoms with van der Waals surface area (Å²) in [5.41, 5.74) is 5.09. The summed E-state index contributed by atoms with van der Waals surface area (Å²) in [5.74, 6) is 0.861. The number of morpholine rings is 1. The lowest BCUT2D eigenvalue weighted by molar-refractivity contribution is -0.0212. The Hall–Kier alpha value is -2.10. The van der Waals surface area contributed by atoms with Gasteiger partial charge in [-0.1, -0.05) is 42.5 Å². The minimum Gasteiger partial charge on any atom is -0.376 e. The number of aromatic amines is 1. The van der Waals surface area contributed by atoms with E-state index in [9.17, 15) is 0 Å². The van der Waals surface area contributed by atoms with Gasteiger partial charge in [-0.3, -0.25) is 4.90 Å². The molecule has 1 saturated heterocycles. The van der Waals surface area contributed by atoms with Crippen molar-refractivity contribution < 1.29 is 4.74 Å². The van der Waals surface area contributed by atoms with E-state index in [0.29, 0.717) is 12.6 Å². The number of hydrogen-bond donors (Lipinski definition) is 3. The van der Waals surface area contributed by atoms with Gasteiger partial charge in [-0.25, -0.2) is 4.99 Å². The van der Waals surface area contributed by atoms with Gasteiger partial charge in [0.25, 0.3) is 0 Å².